The SMILES string of the molecule is Cn1nc2ccc(NC(=O)C3CC(F)CN3C(=O)Cn3nc(CN)c4cc(-c5ccnnc5)ccc43)cn2c1=O. The highest BCUT2D eigenvalue weighted by Gasteiger charge is 2.40. The van der Waals surface area contributed by atoms with Gasteiger partial charge in [-0.3, -0.25) is 14.3 Å². The Morgan fingerprint density at radius 3 is 2.75 bits per heavy atom. The van der Waals surface area contributed by atoms with Crippen LogP contribution in [0.15, 0.2) is 59.8 Å². The number of alkyl halides is 1. The van der Waals surface area contributed by atoms with Crippen molar-refractivity contribution in [2.75, 3.05) is 11.9 Å². The molecule has 0 radical (unpaired) electrons. The number of aromatic nitrogens is 7. The zero-order chi connectivity index (χ0) is 28.0. The van der Waals surface area contributed by atoms with E-state index in [1.165, 1.54) is 31.9 Å². The molecule has 40 heavy (non-hydrogen) atoms. The van der Waals surface area contributed by atoms with Crippen molar-refractivity contribution in [3.05, 3.63) is 71.2 Å². The molecular weight excluding hydrogens is 519 g/mol. The van der Waals surface area contributed by atoms with E-state index in [-0.39, 0.29) is 31.7 Å². The average Bonchev–Trinajstić information content (AvgIpc) is 3.62. The Hall–Kier alpha value is -4.98. The summed E-state index contributed by atoms with van der Waals surface area (Å²) in [6, 6.07) is 9.64. The molecule has 1 aromatic carbocycles. The molecule has 4 aromatic heterocycles. The number of anilines is 1. The topological polar surface area (TPSA) is 158 Å². The Balaban J connectivity index is 1.23. The highest BCUT2D eigenvalue weighted by atomic mass is 19.1. The van der Waals surface area contributed by atoms with Gasteiger partial charge in [-0.25, -0.2) is 18.3 Å². The van der Waals surface area contributed by atoms with Crippen LogP contribution < -0.4 is 16.7 Å². The summed E-state index contributed by atoms with van der Waals surface area (Å²) in [5, 5.41) is 19.8. The molecule has 0 bridgehead atoms. The second kappa shape index (κ2) is 9.96. The Labute approximate surface area is 226 Å². The molecular formula is C26H25FN10O3. The first-order chi connectivity index (χ1) is 19.3. The molecule has 6 rings (SSSR count). The largest absolute Gasteiger partial charge is 0.350 e. The van der Waals surface area contributed by atoms with Gasteiger partial charge in [-0.15, -0.1) is 0 Å². The number of rotatable bonds is 6. The van der Waals surface area contributed by atoms with Crippen LogP contribution in [0.4, 0.5) is 10.1 Å². The number of aryl methyl sites for hydroxylation is 1. The number of nitrogens with one attached hydrogen (secondary N) is 1. The van der Waals surface area contributed by atoms with E-state index in [9.17, 15) is 18.8 Å². The predicted molar refractivity (Wildman–Crippen MR) is 143 cm³/mol. The number of likely N-dealkylation sites (tertiary alicyclic amines) is 1. The van der Waals surface area contributed by atoms with Crippen molar-refractivity contribution in [1.82, 2.24) is 39.1 Å². The number of nitrogens with zero attached hydrogens (tertiary/aromatic N) is 8. The molecule has 1 aliphatic heterocycles. The van der Waals surface area contributed by atoms with Crippen LogP contribution in [0.3, 0.4) is 0 Å². The van der Waals surface area contributed by atoms with Crippen LogP contribution in [0, 0.1) is 0 Å². The normalized spacial score (nSPS) is 17.1. The number of carbonyl (C=O) groups excluding carboxylic acids is 2. The van der Waals surface area contributed by atoms with Crippen molar-refractivity contribution < 1.29 is 14.0 Å². The van der Waals surface area contributed by atoms with Crippen LogP contribution in [0.5, 0.6) is 0 Å². The number of carbonyl (C=O) groups is 2. The van der Waals surface area contributed by atoms with E-state index < -0.39 is 24.0 Å². The second-order valence-corrected chi connectivity index (χ2v) is 9.61. The summed E-state index contributed by atoms with van der Waals surface area (Å²) >= 11 is 0. The van der Waals surface area contributed by atoms with Crippen LogP contribution in [0.25, 0.3) is 27.7 Å². The number of benzene rings is 1. The zero-order valence-electron chi connectivity index (χ0n) is 21.4. The van der Waals surface area contributed by atoms with Crippen LogP contribution >= 0.6 is 0 Å². The van der Waals surface area contributed by atoms with Gasteiger partial charge in [0, 0.05) is 37.2 Å². The first-order valence-corrected chi connectivity index (χ1v) is 12.6. The van der Waals surface area contributed by atoms with Gasteiger partial charge in [0.15, 0.2) is 5.65 Å². The van der Waals surface area contributed by atoms with Gasteiger partial charge < -0.3 is 16.0 Å². The van der Waals surface area contributed by atoms with E-state index in [1.807, 2.05) is 24.3 Å². The highest BCUT2D eigenvalue weighted by Crippen LogP contribution is 2.27. The summed E-state index contributed by atoms with van der Waals surface area (Å²) in [4.78, 5) is 40.0. The third kappa shape index (κ3) is 4.47. The monoisotopic (exact) mass is 544 g/mol. The van der Waals surface area contributed by atoms with Crippen molar-refractivity contribution in [2.45, 2.75) is 31.7 Å². The second-order valence-electron chi connectivity index (χ2n) is 9.61. The summed E-state index contributed by atoms with van der Waals surface area (Å²) in [6.07, 6.45) is 3.20. The van der Waals surface area contributed by atoms with Gasteiger partial charge >= 0.3 is 5.69 Å². The quantitative estimate of drug-likeness (QED) is 0.319. The molecule has 5 heterocycles. The molecule has 1 fully saturated rings. The molecule has 3 N–H and O–H groups in total. The Morgan fingerprint density at radius 1 is 1.12 bits per heavy atom. The summed E-state index contributed by atoms with van der Waals surface area (Å²) in [5.74, 6) is -0.997. The predicted octanol–water partition coefficient (Wildman–Crippen LogP) is 0.876. The van der Waals surface area contributed by atoms with Crippen molar-refractivity contribution >= 4 is 34.1 Å². The third-order valence-electron chi connectivity index (χ3n) is 7.03. The van der Waals surface area contributed by atoms with Gasteiger partial charge in [0.05, 0.1) is 35.8 Å². The van der Waals surface area contributed by atoms with E-state index in [4.69, 9.17) is 5.73 Å². The van der Waals surface area contributed by atoms with Gasteiger partial charge in [0.1, 0.15) is 18.8 Å². The number of nitrogens with two attached hydrogens (primary N) is 1. The lowest BCUT2D eigenvalue weighted by molar-refractivity contribution is -0.137. The van der Waals surface area contributed by atoms with Gasteiger partial charge in [-0.2, -0.15) is 20.4 Å². The Morgan fingerprint density at radius 2 is 1.98 bits per heavy atom. The molecule has 0 spiro atoms. The fourth-order valence-corrected chi connectivity index (χ4v) is 5.07. The maximum absolute atomic E-state index is 14.5. The van der Waals surface area contributed by atoms with Crippen LogP contribution in [-0.2, 0) is 29.7 Å². The average molecular weight is 545 g/mol. The van der Waals surface area contributed by atoms with Crippen LogP contribution in [-0.4, -0.2) is 69.6 Å². The number of pyridine rings is 1. The minimum atomic E-state index is -1.35. The summed E-state index contributed by atoms with van der Waals surface area (Å²) in [7, 11) is 1.52. The summed E-state index contributed by atoms with van der Waals surface area (Å²) < 4.78 is 18.5. The lowest BCUT2D eigenvalue weighted by Crippen LogP contribution is -2.44. The molecule has 13 nitrogen and oxygen atoms in total. The molecule has 1 saturated heterocycles. The molecule has 2 amide bonds. The number of fused-ring (bicyclic) bond motifs is 2. The number of hydrogen-bond donors (Lipinski definition) is 2. The van der Waals surface area contributed by atoms with Crippen molar-refractivity contribution in [3.8, 4) is 11.1 Å². The maximum Gasteiger partial charge on any atom is 0.350 e. The molecule has 2 atom stereocenters. The Kier molecular flexibility index (Phi) is 6.30. The summed E-state index contributed by atoms with van der Waals surface area (Å²) in [6.45, 7) is -0.248. The lowest BCUT2D eigenvalue weighted by Gasteiger charge is -2.23. The van der Waals surface area contributed by atoms with E-state index in [0.717, 1.165) is 16.5 Å². The molecule has 0 aliphatic carbocycles. The van der Waals surface area contributed by atoms with Gasteiger partial charge in [0.25, 0.3) is 0 Å². The Bertz CT molecular complexity index is 1810. The zero-order valence-corrected chi connectivity index (χ0v) is 21.4. The third-order valence-corrected chi connectivity index (χ3v) is 7.03. The molecule has 0 saturated carbocycles. The van der Waals surface area contributed by atoms with Crippen molar-refractivity contribution in [2.24, 2.45) is 12.8 Å². The standard InChI is InChI=1S/C26H25FN10O3/c1-34-26(40)36-13-18(3-5-23(36)33-34)31-25(39)22-9-17(27)12-35(22)24(38)14-37-21-4-2-15(16-6-7-29-30-11-16)8-19(21)20(10-28)32-37/h2-8,11,13,17,22H,9-10,12,14,28H2,1H3,(H,31,39). The van der Waals surface area contributed by atoms with Gasteiger partial charge in [0.2, 0.25) is 11.8 Å². The fraction of sp³-hybridized carbons (Fsp3) is 0.269. The minimum Gasteiger partial charge on any atom is -0.326 e. The lowest BCUT2D eigenvalue weighted by atomic mass is 10.1. The molecule has 204 valence electrons. The van der Waals surface area contributed by atoms with Gasteiger partial charge in [-0.1, -0.05) is 6.07 Å². The van der Waals surface area contributed by atoms with E-state index >= 15 is 0 Å². The van der Waals surface area contributed by atoms with Crippen LogP contribution in [0.1, 0.15) is 12.1 Å². The first kappa shape index (κ1) is 25.3. The number of hydrogen-bond acceptors (Lipinski definition) is 8. The first-order valence-electron chi connectivity index (χ1n) is 12.6. The van der Waals surface area contributed by atoms with Crippen LogP contribution in [0.2, 0.25) is 0 Å². The highest BCUT2D eigenvalue weighted by molar-refractivity contribution is 5.98. The van der Waals surface area contributed by atoms with Crippen molar-refractivity contribution in [1.29, 1.82) is 0 Å². The number of halogens is 1. The smallest absolute Gasteiger partial charge is 0.326 e. The minimum absolute atomic E-state index is 0.135. The molecule has 1 aliphatic rings. The molecule has 5 aromatic rings. The summed E-state index contributed by atoms with van der Waals surface area (Å²) in [5.41, 5.74) is 9.37. The maximum atomic E-state index is 14.5. The molecule has 2 unspecified atom stereocenters. The van der Waals surface area contributed by atoms with Gasteiger partial charge in [-0.05, 0) is 35.9 Å². The number of amides is 2. The fourth-order valence-electron chi connectivity index (χ4n) is 5.07. The van der Waals surface area contributed by atoms with Crippen molar-refractivity contribution in [3.63, 3.8) is 0 Å². The van der Waals surface area contributed by atoms with E-state index in [0.29, 0.717) is 22.5 Å². The van der Waals surface area contributed by atoms with E-state index in [1.54, 1.807) is 24.5 Å². The van der Waals surface area contributed by atoms with E-state index in [2.05, 4.69) is 25.7 Å². The molecule has 14 heteroatoms.